The Morgan fingerprint density at radius 1 is 1.47 bits per heavy atom. The number of aryl methyl sites for hydroxylation is 1. The van der Waals surface area contributed by atoms with Gasteiger partial charge in [0.1, 0.15) is 5.69 Å². The van der Waals surface area contributed by atoms with Crippen molar-refractivity contribution in [1.29, 1.82) is 0 Å². The lowest BCUT2D eigenvalue weighted by atomic mass is 10.1. The highest BCUT2D eigenvalue weighted by Gasteiger charge is 2.16. The van der Waals surface area contributed by atoms with Gasteiger partial charge >= 0.3 is 0 Å². The third-order valence-electron chi connectivity index (χ3n) is 2.47. The molecule has 3 nitrogen and oxygen atoms in total. The number of hydrogen-bond acceptors (Lipinski definition) is 2. The first-order chi connectivity index (χ1) is 8.09. The molecule has 0 saturated heterocycles. The van der Waals surface area contributed by atoms with E-state index in [9.17, 15) is 4.79 Å². The third kappa shape index (κ3) is 2.58. The zero-order valence-electron chi connectivity index (χ0n) is 9.15. The van der Waals surface area contributed by atoms with Gasteiger partial charge in [-0.2, -0.15) is 5.10 Å². The molecule has 1 heterocycles. The minimum Gasteiger partial charge on any atom is -0.292 e. The van der Waals surface area contributed by atoms with Crippen molar-refractivity contribution in [3.05, 3.63) is 51.2 Å². The van der Waals surface area contributed by atoms with Gasteiger partial charge < -0.3 is 0 Å². The van der Waals surface area contributed by atoms with Gasteiger partial charge in [-0.15, -0.1) is 0 Å². The molecule has 0 amide bonds. The van der Waals surface area contributed by atoms with Gasteiger partial charge in [0, 0.05) is 18.5 Å². The molecular formula is C12H10BrClN2O. The second-order valence-corrected chi connectivity index (χ2v) is 4.92. The topological polar surface area (TPSA) is 34.9 Å². The Balaban J connectivity index is 2.27. The molecule has 2 aromatic rings. The zero-order chi connectivity index (χ0) is 12.4. The fourth-order valence-corrected chi connectivity index (χ4v) is 2.39. The van der Waals surface area contributed by atoms with Crippen LogP contribution in [0.1, 0.15) is 16.1 Å². The summed E-state index contributed by atoms with van der Waals surface area (Å²) in [6.45, 7) is 0. The molecule has 0 unspecified atom stereocenters. The van der Waals surface area contributed by atoms with Crippen molar-refractivity contribution in [2.45, 2.75) is 6.42 Å². The first-order valence-corrected chi connectivity index (χ1v) is 6.21. The molecule has 0 bridgehead atoms. The molecule has 0 spiro atoms. The molecule has 0 radical (unpaired) electrons. The number of carbonyl (C=O) groups is 1. The van der Waals surface area contributed by atoms with Gasteiger partial charge in [0.15, 0.2) is 5.78 Å². The van der Waals surface area contributed by atoms with Crippen molar-refractivity contribution in [3.63, 3.8) is 0 Å². The molecule has 5 heteroatoms. The molecule has 1 aromatic carbocycles. The summed E-state index contributed by atoms with van der Waals surface area (Å²) in [6.07, 6.45) is 1.89. The molecule has 88 valence electrons. The van der Waals surface area contributed by atoms with Crippen molar-refractivity contribution in [2.75, 3.05) is 0 Å². The van der Waals surface area contributed by atoms with Crippen LogP contribution >= 0.6 is 27.5 Å². The SMILES string of the molecule is Cn1ncc(Br)c1C(=O)Cc1ccccc1Cl. The van der Waals surface area contributed by atoms with Gasteiger partial charge in [-0.05, 0) is 27.6 Å². The Morgan fingerprint density at radius 3 is 2.76 bits per heavy atom. The second-order valence-electron chi connectivity index (χ2n) is 3.66. The maximum atomic E-state index is 12.1. The van der Waals surface area contributed by atoms with Gasteiger partial charge in [-0.3, -0.25) is 9.48 Å². The summed E-state index contributed by atoms with van der Waals surface area (Å²) in [5, 5.41) is 4.63. The van der Waals surface area contributed by atoms with Crippen LogP contribution in [-0.4, -0.2) is 15.6 Å². The summed E-state index contributed by atoms with van der Waals surface area (Å²) in [4.78, 5) is 12.1. The number of aromatic nitrogens is 2. The second kappa shape index (κ2) is 5.02. The highest BCUT2D eigenvalue weighted by atomic mass is 79.9. The maximum Gasteiger partial charge on any atom is 0.186 e. The molecule has 0 aliphatic carbocycles. The van der Waals surface area contributed by atoms with Crippen LogP contribution in [-0.2, 0) is 13.5 Å². The maximum absolute atomic E-state index is 12.1. The van der Waals surface area contributed by atoms with Crippen molar-refractivity contribution >= 4 is 33.3 Å². The minimum atomic E-state index is -0.00928. The number of nitrogens with zero attached hydrogens (tertiary/aromatic N) is 2. The average molecular weight is 314 g/mol. The Kier molecular flexibility index (Phi) is 3.64. The van der Waals surface area contributed by atoms with Crippen LogP contribution in [0.15, 0.2) is 34.9 Å². The van der Waals surface area contributed by atoms with Crippen molar-refractivity contribution in [1.82, 2.24) is 9.78 Å². The normalized spacial score (nSPS) is 10.5. The molecule has 1 aromatic heterocycles. The predicted molar refractivity (Wildman–Crippen MR) is 70.4 cm³/mol. The minimum absolute atomic E-state index is 0.00928. The quantitative estimate of drug-likeness (QED) is 0.815. The Labute approximate surface area is 113 Å². The molecular weight excluding hydrogens is 304 g/mol. The third-order valence-corrected chi connectivity index (χ3v) is 3.42. The number of hydrogen-bond donors (Lipinski definition) is 0. The van der Waals surface area contributed by atoms with Crippen molar-refractivity contribution < 1.29 is 4.79 Å². The molecule has 0 atom stereocenters. The van der Waals surface area contributed by atoms with E-state index < -0.39 is 0 Å². The molecule has 2 rings (SSSR count). The van der Waals surface area contributed by atoms with Crippen molar-refractivity contribution in [3.8, 4) is 0 Å². The summed E-state index contributed by atoms with van der Waals surface area (Å²) >= 11 is 9.34. The average Bonchev–Trinajstić information content (AvgIpc) is 2.62. The molecule has 0 N–H and O–H groups in total. The lowest BCUT2D eigenvalue weighted by Gasteiger charge is -2.04. The summed E-state index contributed by atoms with van der Waals surface area (Å²) in [5.41, 5.74) is 1.39. The first kappa shape index (κ1) is 12.3. The van der Waals surface area contributed by atoms with E-state index in [1.807, 2.05) is 18.2 Å². The van der Waals surface area contributed by atoms with Crippen LogP contribution in [0.5, 0.6) is 0 Å². The van der Waals surface area contributed by atoms with E-state index in [0.29, 0.717) is 15.2 Å². The van der Waals surface area contributed by atoms with Crippen LogP contribution in [0.3, 0.4) is 0 Å². The Bertz CT molecular complexity index is 546. The number of Topliss-reactive ketones (excluding diaryl/α,β-unsaturated/α-hetero) is 1. The van der Waals surface area contributed by atoms with E-state index in [1.54, 1.807) is 24.0 Å². The van der Waals surface area contributed by atoms with Gasteiger partial charge in [-0.1, -0.05) is 29.8 Å². The van der Waals surface area contributed by atoms with E-state index in [0.717, 1.165) is 5.56 Å². The highest BCUT2D eigenvalue weighted by Crippen LogP contribution is 2.20. The number of carbonyl (C=O) groups excluding carboxylic acids is 1. The number of benzene rings is 1. The van der Waals surface area contributed by atoms with E-state index in [2.05, 4.69) is 21.0 Å². The van der Waals surface area contributed by atoms with Crippen molar-refractivity contribution in [2.24, 2.45) is 7.05 Å². The molecule has 17 heavy (non-hydrogen) atoms. The molecule has 0 fully saturated rings. The predicted octanol–water partition coefficient (Wildman–Crippen LogP) is 3.26. The highest BCUT2D eigenvalue weighted by molar-refractivity contribution is 9.10. The fourth-order valence-electron chi connectivity index (χ4n) is 1.62. The summed E-state index contributed by atoms with van der Waals surface area (Å²) in [5.74, 6) is -0.00928. The summed E-state index contributed by atoms with van der Waals surface area (Å²) in [6, 6.07) is 7.34. The summed E-state index contributed by atoms with van der Waals surface area (Å²) in [7, 11) is 1.74. The first-order valence-electron chi connectivity index (χ1n) is 5.03. The van der Waals surface area contributed by atoms with Gasteiger partial charge in [-0.25, -0.2) is 0 Å². The van der Waals surface area contributed by atoms with E-state index >= 15 is 0 Å². The molecule has 0 aliphatic heterocycles. The van der Waals surface area contributed by atoms with Crippen LogP contribution in [0, 0.1) is 0 Å². The largest absolute Gasteiger partial charge is 0.292 e. The number of halogens is 2. The van der Waals surface area contributed by atoms with Gasteiger partial charge in [0.25, 0.3) is 0 Å². The van der Waals surface area contributed by atoms with Crippen LogP contribution < -0.4 is 0 Å². The summed E-state index contributed by atoms with van der Waals surface area (Å²) < 4.78 is 2.26. The van der Waals surface area contributed by atoms with Gasteiger partial charge in [0.2, 0.25) is 0 Å². The van der Waals surface area contributed by atoms with E-state index in [-0.39, 0.29) is 12.2 Å². The van der Waals surface area contributed by atoms with Crippen LogP contribution in [0.4, 0.5) is 0 Å². The van der Waals surface area contributed by atoms with Crippen LogP contribution in [0.25, 0.3) is 0 Å². The lowest BCUT2D eigenvalue weighted by molar-refractivity contribution is 0.0983. The zero-order valence-corrected chi connectivity index (χ0v) is 11.5. The number of rotatable bonds is 3. The Morgan fingerprint density at radius 2 is 2.18 bits per heavy atom. The van der Waals surface area contributed by atoms with E-state index in [4.69, 9.17) is 11.6 Å². The monoisotopic (exact) mass is 312 g/mol. The molecule has 0 aliphatic rings. The smallest absolute Gasteiger partial charge is 0.186 e. The number of ketones is 1. The van der Waals surface area contributed by atoms with Gasteiger partial charge in [0.05, 0.1) is 10.7 Å². The van der Waals surface area contributed by atoms with Crippen LogP contribution in [0.2, 0.25) is 5.02 Å². The standard InChI is InChI=1S/C12H10BrClN2O/c1-16-12(9(13)7-15-16)11(17)6-8-4-2-3-5-10(8)14/h2-5,7H,6H2,1H3. The fraction of sp³-hybridized carbons (Fsp3) is 0.167. The van der Waals surface area contributed by atoms with E-state index in [1.165, 1.54) is 0 Å². The molecule has 0 saturated carbocycles. The Hall–Kier alpha value is -1.13. The lowest BCUT2D eigenvalue weighted by Crippen LogP contribution is -2.10.